The van der Waals surface area contributed by atoms with E-state index in [0.29, 0.717) is 17.0 Å². The molecule has 3 N–H and O–H groups in total. The van der Waals surface area contributed by atoms with Crippen molar-refractivity contribution in [3.63, 3.8) is 0 Å². The van der Waals surface area contributed by atoms with Gasteiger partial charge >= 0.3 is 0 Å². The van der Waals surface area contributed by atoms with Crippen molar-refractivity contribution in [3.8, 4) is 0 Å². The van der Waals surface area contributed by atoms with Crippen molar-refractivity contribution < 1.29 is 4.79 Å². The number of carbonyl (C=O) groups excluding carboxylic acids is 1. The van der Waals surface area contributed by atoms with Gasteiger partial charge in [0.1, 0.15) is 17.9 Å². The predicted molar refractivity (Wildman–Crippen MR) is 79.8 cm³/mol. The van der Waals surface area contributed by atoms with Gasteiger partial charge in [0.05, 0.1) is 6.33 Å². The third-order valence-corrected chi connectivity index (χ3v) is 3.01. The van der Waals surface area contributed by atoms with Gasteiger partial charge in [-0.3, -0.25) is 4.79 Å². The second-order valence-electron chi connectivity index (χ2n) is 4.54. The molecule has 0 bridgehead atoms. The first-order chi connectivity index (χ1) is 10.2. The molecule has 21 heavy (non-hydrogen) atoms. The third kappa shape index (κ3) is 2.81. The van der Waals surface area contributed by atoms with Crippen LogP contribution in [0.3, 0.4) is 0 Å². The molecule has 0 fully saturated rings. The Balaban J connectivity index is 1.72. The van der Waals surface area contributed by atoms with Gasteiger partial charge in [-0.1, -0.05) is 18.2 Å². The molecule has 3 rings (SSSR count). The number of H-pyrrole nitrogens is 1. The standard InChI is InChI=1S/C14H14N6O/c1-9(14(21)20-10-5-3-2-4-6-10)19-13-11-12(16-7-15-11)17-8-18-13/h2-9H,1H3,(H,20,21)(H2,15,16,17,18,19). The minimum Gasteiger partial charge on any atom is -0.357 e. The second-order valence-corrected chi connectivity index (χ2v) is 4.54. The number of imidazole rings is 1. The van der Waals surface area contributed by atoms with Crippen LogP contribution in [0.4, 0.5) is 11.5 Å². The lowest BCUT2D eigenvalue weighted by Crippen LogP contribution is -2.32. The summed E-state index contributed by atoms with van der Waals surface area (Å²) in [7, 11) is 0. The number of benzene rings is 1. The van der Waals surface area contributed by atoms with Gasteiger partial charge in [-0.05, 0) is 19.1 Å². The van der Waals surface area contributed by atoms with Crippen LogP contribution in [0.5, 0.6) is 0 Å². The summed E-state index contributed by atoms with van der Waals surface area (Å²) >= 11 is 0. The maximum atomic E-state index is 12.1. The SMILES string of the molecule is CC(Nc1ncnc2nc[nH]c12)C(=O)Nc1ccccc1. The highest BCUT2D eigenvalue weighted by molar-refractivity contribution is 5.97. The van der Waals surface area contributed by atoms with Crippen LogP contribution < -0.4 is 10.6 Å². The van der Waals surface area contributed by atoms with Gasteiger partial charge in [0, 0.05) is 5.69 Å². The Labute approximate surface area is 120 Å². The van der Waals surface area contributed by atoms with Gasteiger partial charge in [-0.15, -0.1) is 0 Å². The van der Waals surface area contributed by atoms with E-state index in [0.717, 1.165) is 5.69 Å². The highest BCUT2D eigenvalue weighted by Gasteiger charge is 2.15. The van der Waals surface area contributed by atoms with Crippen molar-refractivity contribution in [2.24, 2.45) is 0 Å². The number of amides is 1. The van der Waals surface area contributed by atoms with E-state index in [4.69, 9.17) is 0 Å². The van der Waals surface area contributed by atoms with Crippen molar-refractivity contribution in [2.75, 3.05) is 10.6 Å². The molecule has 0 saturated heterocycles. The van der Waals surface area contributed by atoms with Gasteiger partial charge in [-0.25, -0.2) is 15.0 Å². The molecule has 0 aliphatic rings. The number of carbonyl (C=O) groups is 1. The van der Waals surface area contributed by atoms with Crippen molar-refractivity contribution in [1.29, 1.82) is 0 Å². The summed E-state index contributed by atoms with van der Waals surface area (Å²) in [6, 6.07) is 8.85. The van der Waals surface area contributed by atoms with Gasteiger partial charge in [0.2, 0.25) is 5.91 Å². The van der Waals surface area contributed by atoms with E-state index in [1.165, 1.54) is 6.33 Å². The lowest BCUT2D eigenvalue weighted by molar-refractivity contribution is -0.116. The molecule has 1 amide bonds. The van der Waals surface area contributed by atoms with Gasteiger partial charge in [-0.2, -0.15) is 0 Å². The van der Waals surface area contributed by atoms with Crippen LogP contribution in [0.1, 0.15) is 6.92 Å². The summed E-state index contributed by atoms with van der Waals surface area (Å²) in [4.78, 5) is 27.3. The first-order valence-electron chi connectivity index (χ1n) is 6.50. The molecule has 1 unspecified atom stereocenters. The van der Waals surface area contributed by atoms with Crippen LogP contribution in [-0.2, 0) is 4.79 Å². The number of rotatable bonds is 4. The average Bonchev–Trinajstić information content (AvgIpc) is 2.98. The Bertz CT molecular complexity index is 754. The lowest BCUT2D eigenvalue weighted by atomic mass is 10.2. The Morgan fingerprint density at radius 3 is 2.81 bits per heavy atom. The van der Waals surface area contributed by atoms with Crippen molar-refractivity contribution in [2.45, 2.75) is 13.0 Å². The highest BCUT2D eigenvalue weighted by Crippen LogP contribution is 2.15. The predicted octanol–water partition coefficient (Wildman–Crippen LogP) is 1.79. The van der Waals surface area contributed by atoms with Crippen LogP contribution in [0.15, 0.2) is 43.0 Å². The van der Waals surface area contributed by atoms with Crippen LogP contribution >= 0.6 is 0 Å². The number of nitrogens with one attached hydrogen (secondary N) is 3. The molecule has 0 spiro atoms. The fourth-order valence-electron chi connectivity index (χ4n) is 1.92. The molecule has 7 nitrogen and oxygen atoms in total. The molecular formula is C14H14N6O. The average molecular weight is 282 g/mol. The first kappa shape index (κ1) is 13.0. The van der Waals surface area contributed by atoms with Crippen LogP contribution in [0.2, 0.25) is 0 Å². The molecule has 1 atom stereocenters. The third-order valence-electron chi connectivity index (χ3n) is 3.01. The zero-order valence-corrected chi connectivity index (χ0v) is 11.4. The van der Waals surface area contributed by atoms with E-state index >= 15 is 0 Å². The maximum Gasteiger partial charge on any atom is 0.246 e. The molecule has 3 aromatic rings. The van der Waals surface area contributed by atoms with Gasteiger partial charge in [0.25, 0.3) is 0 Å². The summed E-state index contributed by atoms with van der Waals surface area (Å²) in [6.07, 6.45) is 2.95. The number of para-hydroxylation sites is 1. The monoisotopic (exact) mass is 282 g/mol. The van der Waals surface area contributed by atoms with Crippen molar-refractivity contribution in [1.82, 2.24) is 19.9 Å². The van der Waals surface area contributed by atoms with Gasteiger partial charge in [0.15, 0.2) is 11.5 Å². The smallest absolute Gasteiger partial charge is 0.246 e. The molecule has 2 aromatic heterocycles. The summed E-state index contributed by atoms with van der Waals surface area (Å²) < 4.78 is 0. The van der Waals surface area contributed by atoms with E-state index in [2.05, 4.69) is 30.6 Å². The number of anilines is 2. The Hall–Kier alpha value is -2.96. The molecule has 2 heterocycles. The number of hydrogen-bond acceptors (Lipinski definition) is 5. The fourth-order valence-corrected chi connectivity index (χ4v) is 1.92. The highest BCUT2D eigenvalue weighted by atomic mass is 16.2. The molecule has 0 aliphatic carbocycles. The topological polar surface area (TPSA) is 95.6 Å². The quantitative estimate of drug-likeness (QED) is 0.678. The number of aromatic nitrogens is 4. The zero-order valence-electron chi connectivity index (χ0n) is 11.4. The summed E-state index contributed by atoms with van der Waals surface area (Å²) in [6.45, 7) is 1.77. The summed E-state index contributed by atoms with van der Waals surface area (Å²) in [5, 5.41) is 5.89. The largest absolute Gasteiger partial charge is 0.357 e. The zero-order chi connectivity index (χ0) is 14.7. The van der Waals surface area contributed by atoms with Crippen molar-refractivity contribution in [3.05, 3.63) is 43.0 Å². The molecular weight excluding hydrogens is 268 g/mol. The number of aromatic amines is 1. The summed E-state index contributed by atoms with van der Waals surface area (Å²) in [5.41, 5.74) is 1.99. The molecule has 106 valence electrons. The van der Waals surface area contributed by atoms with E-state index in [9.17, 15) is 4.79 Å². The minimum absolute atomic E-state index is 0.146. The molecule has 0 aliphatic heterocycles. The Morgan fingerprint density at radius 2 is 2.00 bits per heavy atom. The Morgan fingerprint density at radius 1 is 1.19 bits per heavy atom. The second kappa shape index (κ2) is 5.58. The molecule has 0 radical (unpaired) electrons. The van der Waals surface area contributed by atoms with E-state index in [1.54, 1.807) is 13.3 Å². The minimum atomic E-state index is -0.452. The Kier molecular flexibility index (Phi) is 3.46. The van der Waals surface area contributed by atoms with Crippen LogP contribution in [-0.4, -0.2) is 31.9 Å². The lowest BCUT2D eigenvalue weighted by Gasteiger charge is -2.14. The maximum absolute atomic E-state index is 12.1. The normalized spacial score (nSPS) is 12.0. The molecule has 7 heteroatoms. The van der Waals surface area contributed by atoms with Crippen molar-refractivity contribution >= 4 is 28.6 Å². The molecule has 1 aromatic carbocycles. The number of fused-ring (bicyclic) bond motifs is 1. The van der Waals surface area contributed by atoms with Crippen LogP contribution in [0, 0.1) is 0 Å². The number of nitrogens with zero attached hydrogens (tertiary/aromatic N) is 3. The van der Waals surface area contributed by atoms with E-state index < -0.39 is 6.04 Å². The van der Waals surface area contributed by atoms with E-state index in [-0.39, 0.29) is 5.91 Å². The fraction of sp³-hybridized carbons (Fsp3) is 0.143. The van der Waals surface area contributed by atoms with E-state index in [1.807, 2.05) is 30.3 Å². The summed E-state index contributed by atoms with van der Waals surface area (Å²) in [5.74, 6) is 0.403. The van der Waals surface area contributed by atoms with Crippen LogP contribution in [0.25, 0.3) is 11.2 Å². The van der Waals surface area contributed by atoms with Gasteiger partial charge < -0.3 is 15.6 Å². The molecule has 0 saturated carbocycles. The first-order valence-corrected chi connectivity index (χ1v) is 6.50. The number of hydrogen-bond donors (Lipinski definition) is 3.